The Morgan fingerprint density at radius 3 is 2.67 bits per heavy atom. The van der Waals surface area contributed by atoms with E-state index in [4.69, 9.17) is 4.98 Å². The second-order valence-electron chi connectivity index (χ2n) is 6.55. The molecule has 1 N–H and O–H groups in total. The topological polar surface area (TPSA) is 53.4 Å². The second-order valence-corrected chi connectivity index (χ2v) is 6.55. The van der Waals surface area contributed by atoms with Crippen molar-refractivity contribution < 1.29 is 9.90 Å². The van der Waals surface area contributed by atoms with Crippen LogP contribution < -0.4 is 0 Å². The predicted octanol–water partition coefficient (Wildman–Crippen LogP) is 3.73. The van der Waals surface area contributed by atoms with Crippen molar-refractivity contribution in [2.24, 2.45) is 0 Å². The zero-order valence-electron chi connectivity index (χ0n) is 14.3. The maximum atomic E-state index is 11.8. The Morgan fingerprint density at radius 2 is 1.96 bits per heavy atom. The molecule has 0 saturated carbocycles. The van der Waals surface area contributed by atoms with Crippen LogP contribution >= 0.6 is 0 Å². The summed E-state index contributed by atoms with van der Waals surface area (Å²) < 4.78 is 0. The number of hydrogen-bond acceptors (Lipinski definition) is 3. The first-order valence-electron chi connectivity index (χ1n) is 8.55. The fourth-order valence-electron chi connectivity index (χ4n) is 3.65. The number of aromatic nitrogens is 1. The van der Waals surface area contributed by atoms with Crippen LogP contribution in [0.3, 0.4) is 0 Å². The molecule has 4 nitrogen and oxygen atoms in total. The van der Waals surface area contributed by atoms with Crippen molar-refractivity contribution in [3.63, 3.8) is 0 Å². The molecular weight excluding hydrogens is 300 g/mol. The van der Waals surface area contributed by atoms with Crippen LogP contribution in [0.5, 0.6) is 0 Å². The number of likely N-dealkylation sites (tertiary alicyclic amines) is 1. The molecule has 0 radical (unpaired) electrons. The highest BCUT2D eigenvalue weighted by Crippen LogP contribution is 2.34. The van der Waals surface area contributed by atoms with E-state index in [-0.39, 0.29) is 6.04 Å². The van der Waals surface area contributed by atoms with Crippen molar-refractivity contribution in [3.8, 4) is 0 Å². The smallest absolute Gasteiger partial charge is 0.320 e. The number of aliphatic carboxylic acids is 1. The quantitative estimate of drug-likeness (QED) is 0.931. The lowest BCUT2D eigenvalue weighted by atomic mass is 9.92. The highest BCUT2D eigenvalue weighted by molar-refractivity contribution is 5.73. The van der Waals surface area contributed by atoms with Crippen molar-refractivity contribution in [3.05, 3.63) is 65.0 Å². The highest BCUT2D eigenvalue weighted by atomic mass is 16.4. The Kier molecular flexibility index (Phi) is 4.95. The molecule has 1 aromatic heterocycles. The first-order valence-corrected chi connectivity index (χ1v) is 8.55. The molecule has 1 fully saturated rings. The van der Waals surface area contributed by atoms with E-state index in [1.807, 2.05) is 37.3 Å². The van der Waals surface area contributed by atoms with Crippen molar-refractivity contribution in [2.75, 3.05) is 6.54 Å². The van der Waals surface area contributed by atoms with Crippen molar-refractivity contribution in [1.82, 2.24) is 9.88 Å². The van der Waals surface area contributed by atoms with E-state index < -0.39 is 12.0 Å². The lowest BCUT2D eigenvalue weighted by Crippen LogP contribution is -2.47. The number of rotatable bonds is 4. The van der Waals surface area contributed by atoms with E-state index >= 15 is 0 Å². The van der Waals surface area contributed by atoms with E-state index in [1.165, 1.54) is 5.56 Å². The average Bonchev–Trinajstić information content (AvgIpc) is 2.57. The van der Waals surface area contributed by atoms with Gasteiger partial charge in [-0.2, -0.15) is 0 Å². The van der Waals surface area contributed by atoms with E-state index in [9.17, 15) is 9.90 Å². The molecule has 1 aromatic carbocycles. The average molecular weight is 324 g/mol. The Bertz CT molecular complexity index is 729. The summed E-state index contributed by atoms with van der Waals surface area (Å²) in [6.07, 6.45) is 2.69. The lowest BCUT2D eigenvalue weighted by molar-refractivity contribution is -0.145. The summed E-state index contributed by atoms with van der Waals surface area (Å²) in [7, 11) is 0. The molecule has 1 aliphatic rings. The van der Waals surface area contributed by atoms with Crippen molar-refractivity contribution in [1.29, 1.82) is 0 Å². The van der Waals surface area contributed by atoms with Crippen LogP contribution in [0.2, 0.25) is 0 Å². The fraction of sp³-hybridized carbons (Fsp3) is 0.400. The lowest BCUT2D eigenvalue weighted by Gasteiger charge is -2.39. The number of carboxylic acids is 1. The molecule has 1 aliphatic heterocycles. The fourth-order valence-corrected chi connectivity index (χ4v) is 3.65. The van der Waals surface area contributed by atoms with Crippen LogP contribution in [-0.2, 0) is 4.79 Å². The van der Waals surface area contributed by atoms with Crippen LogP contribution in [0.15, 0.2) is 42.5 Å². The molecular formula is C20H24N2O2. The van der Waals surface area contributed by atoms with Crippen LogP contribution in [0, 0.1) is 13.8 Å². The molecule has 126 valence electrons. The summed E-state index contributed by atoms with van der Waals surface area (Å²) in [4.78, 5) is 18.7. The van der Waals surface area contributed by atoms with Gasteiger partial charge in [-0.05, 0) is 56.5 Å². The molecule has 3 rings (SSSR count). The number of piperidine rings is 1. The molecule has 4 heteroatoms. The Labute approximate surface area is 143 Å². The van der Waals surface area contributed by atoms with Gasteiger partial charge in [-0.3, -0.25) is 14.7 Å². The first-order chi connectivity index (χ1) is 11.6. The molecule has 2 atom stereocenters. The zero-order valence-corrected chi connectivity index (χ0v) is 14.3. The first kappa shape index (κ1) is 16.7. The second kappa shape index (κ2) is 7.14. The van der Waals surface area contributed by atoms with Gasteiger partial charge in [-0.15, -0.1) is 0 Å². The number of hydrogen-bond donors (Lipinski definition) is 1. The third-order valence-corrected chi connectivity index (χ3v) is 4.83. The van der Waals surface area contributed by atoms with Crippen LogP contribution in [0.1, 0.15) is 47.8 Å². The van der Waals surface area contributed by atoms with Gasteiger partial charge in [0.25, 0.3) is 0 Å². The minimum absolute atomic E-state index is 0.118. The summed E-state index contributed by atoms with van der Waals surface area (Å²) in [6.45, 7) is 4.84. The molecule has 0 aliphatic carbocycles. The Morgan fingerprint density at radius 1 is 1.17 bits per heavy atom. The SMILES string of the molecule is Cc1cccc(C(c2ccccc2C)N2CCCCC2C(=O)O)n1. The van der Waals surface area contributed by atoms with Gasteiger partial charge in [-0.25, -0.2) is 0 Å². The summed E-state index contributed by atoms with van der Waals surface area (Å²) >= 11 is 0. The van der Waals surface area contributed by atoms with Crippen molar-refractivity contribution in [2.45, 2.75) is 45.2 Å². The highest BCUT2D eigenvalue weighted by Gasteiger charge is 2.36. The minimum Gasteiger partial charge on any atom is -0.480 e. The number of aryl methyl sites for hydroxylation is 2. The van der Waals surface area contributed by atoms with Gasteiger partial charge in [0.2, 0.25) is 0 Å². The van der Waals surface area contributed by atoms with E-state index in [2.05, 4.69) is 24.0 Å². The zero-order chi connectivity index (χ0) is 17.1. The molecule has 0 bridgehead atoms. The molecule has 2 unspecified atom stereocenters. The normalized spacial score (nSPS) is 19.8. The van der Waals surface area contributed by atoms with Crippen LogP contribution in [0.25, 0.3) is 0 Å². The van der Waals surface area contributed by atoms with Crippen molar-refractivity contribution >= 4 is 5.97 Å². The summed E-state index contributed by atoms with van der Waals surface area (Å²) in [5.41, 5.74) is 4.19. The third-order valence-electron chi connectivity index (χ3n) is 4.83. The van der Waals surface area contributed by atoms with Crippen LogP contribution in [0.4, 0.5) is 0 Å². The standard InChI is InChI=1S/C20H24N2O2/c1-14-8-3-4-10-16(14)19(17-11-7-9-15(2)21-17)22-13-6-5-12-18(22)20(23)24/h3-4,7-11,18-19H,5-6,12-13H2,1-2H3,(H,23,24). The van der Waals surface area contributed by atoms with E-state index in [1.54, 1.807) is 0 Å². The van der Waals surface area contributed by atoms with E-state index in [0.717, 1.165) is 36.3 Å². The molecule has 24 heavy (non-hydrogen) atoms. The van der Waals surface area contributed by atoms with Gasteiger partial charge in [0.15, 0.2) is 0 Å². The van der Waals surface area contributed by atoms with Gasteiger partial charge in [0, 0.05) is 5.69 Å². The monoisotopic (exact) mass is 324 g/mol. The maximum Gasteiger partial charge on any atom is 0.320 e. The van der Waals surface area contributed by atoms with E-state index in [0.29, 0.717) is 6.42 Å². The summed E-state index contributed by atoms with van der Waals surface area (Å²) in [5, 5.41) is 9.71. The number of nitrogens with zero attached hydrogens (tertiary/aromatic N) is 2. The maximum absolute atomic E-state index is 11.8. The van der Waals surface area contributed by atoms with Gasteiger partial charge in [0.05, 0.1) is 11.7 Å². The predicted molar refractivity (Wildman–Crippen MR) is 94.0 cm³/mol. The van der Waals surface area contributed by atoms with Gasteiger partial charge in [0.1, 0.15) is 6.04 Å². The number of pyridine rings is 1. The van der Waals surface area contributed by atoms with Gasteiger partial charge < -0.3 is 5.11 Å². The third kappa shape index (κ3) is 3.34. The van der Waals surface area contributed by atoms with Gasteiger partial charge in [-0.1, -0.05) is 36.8 Å². The number of carboxylic acid groups (broad SMARTS) is 1. The van der Waals surface area contributed by atoms with Gasteiger partial charge >= 0.3 is 5.97 Å². The molecule has 2 aromatic rings. The molecule has 1 saturated heterocycles. The summed E-state index contributed by atoms with van der Waals surface area (Å²) in [6, 6.07) is 13.6. The number of carbonyl (C=O) groups is 1. The summed E-state index contributed by atoms with van der Waals surface area (Å²) in [5.74, 6) is -0.735. The Hall–Kier alpha value is -2.20. The molecule has 0 amide bonds. The molecule has 0 spiro atoms. The minimum atomic E-state index is -0.735. The largest absolute Gasteiger partial charge is 0.480 e. The van der Waals surface area contributed by atoms with Crippen LogP contribution in [-0.4, -0.2) is 33.5 Å². The Balaban J connectivity index is 2.11. The molecule has 2 heterocycles. The number of benzene rings is 1.